The predicted molar refractivity (Wildman–Crippen MR) is 113 cm³/mol. The van der Waals surface area contributed by atoms with Gasteiger partial charge in [0.2, 0.25) is 17.2 Å². The molecule has 1 aliphatic carbocycles. The van der Waals surface area contributed by atoms with Crippen LogP contribution in [0.15, 0.2) is 83.9 Å². The van der Waals surface area contributed by atoms with E-state index in [1.807, 2.05) is 0 Å². The monoisotopic (exact) mass is 416 g/mol. The summed E-state index contributed by atoms with van der Waals surface area (Å²) < 4.78 is 0. The number of aliphatic hydroxyl groups is 1. The van der Waals surface area contributed by atoms with Crippen LogP contribution in [0, 0.1) is 0 Å². The fraction of sp³-hybridized carbons (Fsp3) is 0.120. The second-order valence-electron chi connectivity index (χ2n) is 7.56. The number of benzene rings is 3. The number of phenols is 3. The lowest BCUT2D eigenvalue weighted by atomic mass is 9.86. The fourth-order valence-electron chi connectivity index (χ4n) is 3.79. The summed E-state index contributed by atoms with van der Waals surface area (Å²) in [5.41, 5.74) is -0.492. The van der Waals surface area contributed by atoms with E-state index in [1.165, 1.54) is 48.5 Å². The van der Waals surface area contributed by atoms with E-state index in [-0.39, 0.29) is 46.8 Å². The number of rotatable bonds is 5. The molecule has 3 aromatic rings. The zero-order valence-corrected chi connectivity index (χ0v) is 16.4. The number of carbonyl (C=O) groups excluding carboxylic acids is 2. The summed E-state index contributed by atoms with van der Waals surface area (Å²) in [6.45, 7) is 0. The van der Waals surface area contributed by atoms with E-state index in [9.17, 15) is 30.0 Å². The van der Waals surface area contributed by atoms with Crippen LogP contribution in [0.5, 0.6) is 17.2 Å². The number of ketones is 2. The maximum Gasteiger partial charge on any atom is 0.215 e. The third-order valence-electron chi connectivity index (χ3n) is 5.49. The topological polar surface area (TPSA) is 115 Å². The molecule has 0 radical (unpaired) electrons. The van der Waals surface area contributed by atoms with Crippen molar-refractivity contribution in [1.82, 2.24) is 0 Å². The van der Waals surface area contributed by atoms with Gasteiger partial charge in [0, 0.05) is 24.0 Å². The Morgan fingerprint density at radius 3 is 1.23 bits per heavy atom. The highest BCUT2D eigenvalue weighted by Gasteiger charge is 2.54. The van der Waals surface area contributed by atoms with E-state index >= 15 is 0 Å². The zero-order chi connectivity index (χ0) is 22.2. The van der Waals surface area contributed by atoms with Gasteiger partial charge in [-0.25, -0.2) is 0 Å². The maximum absolute atomic E-state index is 13.4. The van der Waals surface area contributed by atoms with Gasteiger partial charge in [0.1, 0.15) is 17.2 Å². The number of carbonyl (C=O) groups is 2. The predicted octanol–water partition coefficient (Wildman–Crippen LogP) is 2.92. The molecule has 4 N–H and O–H groups in total. The second-order valence-corrected chi connectivity index (χ2v) is 7.56. The normalized spacial score (nSPS) is 15.5. The third kappa shape index (κ3) is 3.69. The average Bonchev–Trinajstić information content (AvgIpc) is 2.94. The quantitative estimate of drug-likeness (QED) is 0.476. The first-order valence-electron chi connectivity index (χ1n) is 9.68. The van der Waals surface area contributed by atoms with Gasteiger partial charge in [-0.1, -0.05) is 36.4 Å². The number of aromatic hydroxyl groups is 3. The van der Waals surface area contributed by atoms with Crippen molar-refractivity contribution in [3.8, 4) is 17.2 Å². The molecule has 3 aromatic carbocycles. The minimum Gasteiger partial charge on any atom is -0.508 e. The molecule has 31 heavy (non-hydrogen) atoms. The fourth-order valence-corrected chi connectivity index (χ4v) is 3.79. The third-order valence-corrected chi connectivity index (χ3v) is 5.49. The summed E-state index contributed by atoms with van der Waals surface area (Å²) in [4.78, 5) is 26.7. The molecular formula is C25H20O6. The molecular weight excluding hydrogens is 396 g/mol. The Labute approximate surface area is 178 Å². The van der Waals surface area contributed by atoms with Crippen molar-refractivity contribution in [2.75, 3.05) is 0 Å². The van der Waals surface area contributed by atoms with Crippen molar-refractivity contribution in [1.29, 1.82) is 0 Å². The average molecular weight is 416 g/mol. The Morgan fingerprint density at radius 1 is 0.548 bits per heavy atom. The summed E-state index contributed by atoms with van der Waals surface area (Å²) in [7, 11) is 0. The summed E-state index contributed by atoms with van der Waals surface area (Å²) >= 11 is 0. The molecule has 0 atom stereocenters. The maximum atomic E-state index is 13.4. The molecule has 4 rings (SSSR count). The van der Waals surface area contributed by atoms with Crippen LogP contribution >= 0.6 is 0 Å². The van der Waals surface area contributed by atoms with Gasteiger partial charge in [0.15, 0.2) is 0 Å². The van der Waals surface area contributed by atoms with Gasteiger partial charge in [-0.2, -0.15) is 0 Å². The smallest absolute Gasteiger partial charge is 0.215 e. The largest absolute Gasteiger partial charge is 0.508 e. The van der Waals surface area contributed by atoms with E-state index < -0.39 is 17.2 Å². The molecule has 0 saturated carbocycles. The molecule has 0 bridgehead atoms. The summed E-state index contributed by atoms with van der Waals surface area (Å²) in [6, 6.07) is 17.9. The van der Waals surface area contributed by atoms with Crippen molar-refractivity contribution in [3.05, 3.63) is 101 Å². The lowest BCUT2D eigenvalue weighted by molar-refractivity contribution is -0.144. The SMILES string of the molecule is O=C1C(Cc2ccc(O)cc2)=C(Cc2ccc(O)cc2)C(=O)C1(O)c1ccc(O)cc1. The molecule has 1 aliphatic rings. The van der Waals surface area contributed by atoms with E-state index in [0.29, 0.717) is 11.1 Å². The first-order valence-corrected chi connectivity index (χ1v) is 9.68. The van der Waals surface area contributed by atoms with Gasteiger partial charge in [0.05, 0.1) is 0 Å². The Bertz CT molecular complexity index is 1100. The summed E-state index contributed by atoms with van der Waals surface area (Å²) in [5.74, 6) is -1.30. The van der Waals surface area contributed by atoms with E-state index in [1.54, 1.807) is 24.3 Å². The molecule has 6 nitrogen and oxygen atoms in total. The van der Waals surface area contributed by atoms with Gasteiger partial charge in [-0.05, 0) is 53.1 Å². The molecule has 0 aliphatic heterocycles. The summed E-state index contributed by atoms with van der Waals surface area (Å²) in [6.07, 6.45) is 0.220. The van der Waals surface area contributed by atoms with E-state index in [2.05, 4.69) is 0 Å². The molecule has 0 fully saturated rings. The highest BCUT2D eigenvalue weighted by atomic mass is 16.3. The van der Waals surface area contributed by atoms with Crippen LogP contribution in [-0.2, 0) is 28.0 Å². The number of hydrogen-bond donors (Lipinski definition) is 4. The second kappa shape index (κ2) is 7.74. The summed E-state index contributed by atoms with van der Waals surface area (Å²) in [5, 5.41) is 39.9. The zero-order valence-electron chi connectivity index (χ0n) is 16.4. The van der Waals surface area contributed by atoms with Crippen LogP contribution in [-0.4, -0.2) is 32.0 Å². The van der Waals surface area contributed by atoms with Crippen molar-refractivity contribution in [2.24, 2.45) is 0 Å². The molecule has 0 unspecified atom stereocenters. The lowest BCUT2D eigenvalue weighted by Gasteiger charge is -2.21. The Hall–Kier alpha value is -3.90. The number of hydrogen-bond acceptors (Lipinski definition) is 6. The number of Topliss-reactive ketones (excluding diaryl/α,β-unsaturated/α-hetero) is 2. The first-order chi connectivity index (χ1) is 14.8. The first kappa shape index (κ1) is 20.4. The molecule has 0 heterocycles. The molecule has 0 saturated heterocycles. The van der Waals surface area contributed by atoms with Gasteiger partial charge >= 0.3 is 0 Å². The van der Waals surface area contributed by atoms with Crippen molar-refractivity contribution in [2.45, 2.75) is 18.4 Å². The Balaban J connectivity index is 1.78. The van der Waals surface area contributed by atoms with Gasteiger partial charge < -0.3 is 20.4 Å². The van der Waals surface area contributed by atoms with E-state index in [4.69, 9.17) is 0 Å². The standard InChI is InChI=1S/C25H20O6/c26-18-7-1-15(2-8-18)13-21-22(14-16-3-9-19(27)10-4-16)24(30)25(31,23(21)29)17-5-11-20(28)12-6-17/h1-12,26-28,31H,13-14H2. The van der Waals surface area contributed by atoms with Crippen LogP contribution < -0.4 is 0 Å². The Morgan fingerprint density at radius 2 is 0.871 bits per heavy atom. The molecule has 0 aromatic heterocycles. The molecule has 6 heteroatoms. The van der Waals surface area contributed by atoms with Crippen molar-refractivity contribution < 1.29 is 30.0 Å². The Kier molecular flexibility index (Phi) is 5.09. The molecule has 0 spiro atoms. The lowest BCUT2D eigenvalue weighted by Crippen LogP contribution is -2.40. The minimum atomic E-state index is -2.37. The van der Waals surface area contributed by atoms with Crippen molar-refractivity contribution in [3.63, 3.8) is 0 Å². The van der Waals surface area contributed by atoms with Crippen LogP contribution in [0.1, 0.15) is 16.7 Å². The van der Waals surface area contributed by atoms with Crippen LogP contribution in [0.3, 0.4) is 0 Å². The van der Waals surface area contributed by atoms with Crippen molar-refractivity contribution >= 4 is 11.6 Å². The van der Waals surface area contributed by atoms with Gasteiger partial charge in [-0.15, -0.1) is 0 Å². The van der Waals surface area contributed by atoms with Crippen LogP contribution in [0.25, 0.3) is 0 Å². The highest BCUT2D eigenvalue weighted by Crippen LogP contribution is 2.40. The van der Waals surface area contributed by atoms with Crippen LogP contribution in [0.4, 0.5) is 0 Å². The number of phenolic OH excluding ortho intramolecular Hbond substituents is 3. The molecule has 0 amide bonds. The molecule has 156 valence electrons. The van der Waals surface area contributed by atoms with Gasteiger partial charge in [0.25, 0.3) is 0 Å². The highest BCUT2D eigenvalue weighted by molar-refractivity contribution is 6.30. The van der Waals surface area contributed by atoms with E-state index in [0.717, 1.165) is 0 Å². The van der Waals surface area contributed by atoms with Gasteiger partial charge in [-0.3, -0.25) is 9.59 Å². The van der Waals surface area contributed by atoms with Crippen LogP contribution in [0.2, 0.25) is 0 Å². The minimum absolute atomic E-state index is 0.0492.